The van der Waals surface area contributed by atoms with Crippen molar-refractivity contribution in [2.75, 3.05) is 13.1 Å². The van der Waals surface area contributed by atoms with E-state index in [2.05, 4.69) is 4.90 Å². The summed E-state index contributed by atoms with van der Waals surface area (Å²) in [5, 5.41) is 10.4. The maximum Gasteiger partial charge on any atom is 0.129 e. The molecule has 1 heterocycles. The van der Waals surface area contributed by atoms with Gasteiger partial charge in [-0.2, -0.15) is 0 Å². The van der Waals surface area contributed by atoms with E-state index in [1.165, 1.54) is 6.07 Å². The number of piperidine rings is 1. The zero-order chi connectivity index (χ0) is 12.5. The van der Waals surface area contributed by atoms with Crippen molar-refractivity contribution in [2.24, 2.45) is 0 Å². The van der Waals surface area contributed by atoms with Gasteiger partial charge in [0.15, 0.2) is 0 Å². The van der Waals surface area contributed by atoms with E-state index < -0.39 is 5.60 Å². The highest BCUT2D eigenvalue weighted by Gasteiger charge is 2.28. The van der Waals surface area contributed by atoms with Crippen LogP contribution in [0.1, 0.15) is 25.3 Å². The Morgan fingerprint density at radius 2 is 2.29 bits per heavy atom. The van der Waals surface area contributed by atoms with Gasteiger partial charge in [0.05, 0.1) is 5.60 Å². The summed E-state index contributed by atoms with van der Waals surface area (Å²) in [5.74, 6) is -0.275. The van der Waals surface area contributed by atoms with Crippen LogP contribution in [0.4, 0.5) is 4.39 Å². The summed E-state index contributed by atoms with van der Waals surface area (Å²) in [5.41, 5.74) is -0.0201. The average molecular weight is 258 g/mol. The minimum atomic E-state index is -0.652. The molecule has 1 aromatic rings. The van der Waals surface area contributed by atoms with Gasteiger partial charge in [0.25, 0.3) is 0 Å². The van der Waals surface area contributed by atoms with Crippen molar-refractivity contribution in [3.8, 4) is 0 Å². The fraction of sp³-hybridized carbons (Fsp3) is 0.538. The Balaban J connectivity index is 2.05. The number of likely N-dealkylation sites (tertiary alicyclic amines) is 1. The van der Waals surface area contributed by atoms with E-state index in [4.69, 9.17) is 11.6 Å². The summed E-state index contributed by atoms with van der Waals surface area (Å²) < 4.78 is 13.6. The monoisotopic (exact) mass is 257 g/mol. The number of β-amino-alcohol motifs (C(OH)–C–C–N with tert-alkyl or cyclic N) is 1. The molecular weight excluding hydrogens is 241 g/mol. The van der Waals surface area contributed by atoms with Gasteiger partial charge in [-0.1, -0.05) is 17.7 Å². The lowest BCUT2D eigenvalue weighted by Gasteiger charge is -2.36. The van der Waals surface area contributed by atoms with Crippen LogP contribution in [0, 0.1) is 5.82 Å². The van der Waals surface area contributed by atoms with Crippen molar-refractivity contribution < 1.29 is 9.50 Å². The molecule has 1 aliphatic rings. The van der Waals surface area contributed by atoms with E-state index in [0.29, 0.717) is 23.7 Å². The second-order valence-corrected chi connectivity index (χ2v) is 5.48. The molecule has 0 aliphatic carbocycles. The Hall–Kier alpha value is -0.640. The largest absolute Gasteiger partial charge is 0.389 e. The van der Waals surface area contributed by atoms with Crippen LogP contribution < -0.4 is 0 Å². The van der Waals surface area contributed by atoms with Crippen LogP contribution in [-0.2, 0) is 6.54 Å². The molecule has 1 atom stereocenters. The molecule has 0 spiro atoms. The predicted molar refractivity (Wildman–Crippen MR) is 66.5 cm³/mol. The first kappa shape index (κ1) is 12.8. The Morgan fingerprint density at radius 3 is 2.94 bits per heavy atom. The van der Waals surface area contributed by atoms with Gasteiger partial charge in [-0.25, -0.2) is 4.39 Å². The Labute approximate surface area is 106 Å². The van der Waals surface area contributed by atoms with Crippen molar-refractivity contribution in [1.29, 1.82) is 0 Å². The highest BCUT2D eigenvalue weighted by molar-refractivity contribution is 6.30. The quantitative estimate of drug-likeness (QED) is 0.881. The third-order valence-corrected chi connectivity index (χ3v) is 3.40. The number of halogens is 2. The Bertz CT molecular complexity index is 408. The third kappa shape index (κ3) is 3.41. The van der Waals surface area contributed by atoms with Gasteiger partial charge in [-0.05, 0) is 38.4 Å². The molecule has 0 radical (unpaired) electrons. The molecule has 1 saturated heterocycles. The first-order valence-corrected chi connectivity index (χ1v) is 6.23. The van der Waals surface area contributed by atoms with Crippen LogP contribution >= 0.6 is 11.6 Å². The van der Waals surface area contributed by atoms with Crippen molar-refractivity contribution in [3.63, 3.8) is 0 Å². The molecular formula is C13H17ClFNO. The highest BCUT2D eigenvalue weighted by atomic mass is 35.5. The van der Waals surface area contributed by atoms with Crippen molar-refractivity contribution in [2.45, 2.75) is 31.9 Å². The molecule has 2 rings (SSSR count). The normalized spacial score (nSPS) is 26.1. The minimum absolute atomic E-state index is 0.275. The molecule has 2 nitrogen and oxygen atoms in total. The molecule has 1 aliphatic heterocycles. The molecule has 4 heteroatoms. The SMILES string of the molecule is CC1(O)CCCN(Cc2ccc(Cl)cc2F)C1. The molecule has 1 aromatic carbocycles. The lowest BCUT2D eigenvalue weighted by atomic mass is 9.95. The lowest BCUT2D eigenvalue weighted by molar-refractivity contribution is -0.0184. The second-order valence-electron chi connectivity index (χ2n) is 5.05. The molecule has 17 heavy (non-hydrogen) atoms. The zero-order valence-corrected chi connectivity index (χ0v) is 10.7. The van der Waals surface area contributed by atoms with E-state index in [-0.39, 0.29) is 5.82 Å². The maximum absolute atomic E-state index is 13.6. The van der Waals surface area contributed by atoms with Crippen molar-refractivity contribution >= 4 is 11.6 Å². The van der Waals surface area contributed by atoms with E-state index in [0.717, 1.165) is 19.4 Å². The summed E-state index contributed by atoms with van der Waals surface area (Å²) in [6.07, 6.45) is 1.76. The van der Waals surface area contributed by atoms with Crippen LogP contribution in [0.25, 0.3) is 0 Å². The third-order valence-electron chi connectivity index (χ3n) is 3.16. The van der Waals surface area contributed by atoms with Crippen molar-refractivity contribution in [3.05, 3.63) is 34.6 Å². The zero-order valence-electron chi connectivity index (χ0n) is 9.92. The van der Waals surface area contributed by atoms with Gasteiger partial charge in [0, 0.05) is 23.7 Å². The van der Waals surface area contributed by atoms with E-state index >= 15 is 0 Å². The van der Waals surface area contributed by atoms with E-state index in [1.807, 2.05) is 6.92 Å². The van der Waals surface area contributed by atoms with Gasteiger partial charge in [-0.3, -0.25) is 4.90 Å². The van der Waals surface area contributed by atoms with Gasteiger partial charge in [0.2, 0.25) is 0 Å². The van der Waals surface area contributed by atoms with Gasteiger partial charge >= 0.3 is 0 Å². The average Bonchev–Trinajstić information content (AvgIpc) is 2.21. The molecule has 1 N–H and O–H groups in total. The fourth-order valence-electron chi connectivity index (χ4n) is 2.35. The van der Waals surface area contributed by atoms with Gasteiger partial charge < -0.3 is 5.11 Å². The molecule has 0 amide bonds. The molecule has 0 saturated carbocycles. The summed E-state index contributed by atoms with van der Waals surface area (Å²) in [6, 6.07) is 4.74. The summed E-state index contributed by atoms with van der Waals surface area (Å²) in [4.78, 5) is 2.08. The fourth-order valence-corrected chi connectivity index (χ4v) is 2.51. The Morgan fingerprint density at radius 1 is 1.53 bits per heavy atom. The van der Waals surface area contributed by atoms with Crippen LogP contribution in [0.5, 0.6) is 0 Å². The second kappa shape index (κ2) is 4.92. The molecule has 0 aromatic heterocycles. The molecule has 94 valence electrons. The number of hydrogen-bond acceptors (Lipinski definition) is 2. The van der Waals surface area contributed by atoms with E-state index in [1.54, 1.807) is 12.1 Å². The van der Waals surface area contributed by atoms with E-state index in [9.17, 15) is 9.50 Å². The maximum atomic E-state index is 13.6. The van der Waals surface area contributed by atoms with Crippen LogP contribution in [0.2, 0.25) is 5.02 Å². The topological polar surface area (TPSA) is 23.5 Å². The number of nitrogens with zero attached hydrogens (tertiary/aromatic N) is 1. The number of benzene rings is 1. The lowest BCUT2D eigenvalue weighted by Crippen LogP contribution is -2.45. The summed E-state index contributed by atoms with van der Waals surface area (Å²) in [7, 11) is 0. The Kier molecular flexibility index (Phi) is 3.71. The standard InChI is InChI=1S/C13H17ClFNO/c1-13(17)5-2-6-16(9-13)8-10-3-4-11(14)7-12(10)15/h3-4,7,17H,2,5-6,8-9H2,1H3. The summed E-state index contributed by atoms with van der Waals surface area (Å²) >= 11 is 5.71. The number of hydrogen-bond donors (Lipinski definition) is 1. The van der Waals surface area contributed by atoms with Crippen LogP contribution in [-0.4, -0.2) is 28.7 Å². The van der Waals surface area contributed by atoms with Crippen molar-refractivity contribution in [1.82, 2.24) is 4.90 Å². The summed E-state index contributed by atoms with van der Waals surface area (Å²) in [6.45, 7) is 3.85. The number of aliphatic hydroxyl groups is 1. The number of rotatable bonds is 2. The first-order valence-electron chi connectivity index (χ1n) is 5.85. The smallest absolute Gasteiger partial charge is 0.129 e. The van der Waals surface area contributed by atoms with Gasteiger partial charge in [0.1, 0.15) is 5.82 Å². The van der Waals surface area contributed by atoms with Gasteiger partial charge in [-0.15, -0.1) is 0 Å². The first-order chi connectivity index (χ1) is 7.96. The molecule has 1 unspecified atom stereocenters. The van der Waals surface area contributed by atoms with Crippen LogP contribution in [0.3, 0.4) is 0 Å². The predicted octanol–water partition coefficient (Wildman–Crippen LogP) is 2.83. The molecule has 1 fully saturated rings. The molecule has 0 bridgehead atoms. The minimum Gasteiger partial charge on any atom is -0.389 e. The highest BCUT2D eigenvalue weighted by Crippen LogP contribution is 2.23. The van der Waals surface area contributed by atoms with Crippen LogP contribution in [0.15, 0.2) is 18.2 Å².